The normalized spacial score (nSPS) is 13.4. The molecule has 123 heavy (non-hydrogen) atoms. The second kappa shape index (κ2) is 32.7. The highest BCUT2D eigenvalue weighted by molar-refractivity contribution is 8.00. The van der Waals surface area contributed by atoms with Gasteiger partial charge in [0.2, 0.25) is 0 Å². The third-order valence-electron chi connectivity index (χ3n) is 23.6. The van der Waals surface area contributed by atoms with Crippen LogP contribution < -0.4 is 5.30 Å². The zero-order valence-corrected chi connectivity index (χ0v) is 69.3. The molecule has 582 valence electrons. The Morgan fingerprint density at radius 2 is 0.602 bits per heavy atom. The minimum Gasteiger partial charge on any atom is -0.319 e. The van der Waals surface area contributed by atoms with E-state index in [1.807, 2.05) is 79.7 Å². The minimum absolute atomic E-state index is 0.255. The molecule has 2 aliphatic rings. The molecular formula is C114H79N6OPS. The van der Waals surface area contributed by atoms with Crippen molar-refractivity contribution in [2.75, 3.05) is 13.3 Å². The van der Waals surface area contributed by atoms with Crippen molar-refractivity contribution in [3.05, 3.63) is 436 Å². The van der Waals surface area contributed by atoms with Crippen LogP contribution in [0.4, 0.5) is 0 Å². The van der Waals surface area contributed by atoms with Crippen LogP contribution in [0.2, 0.25) is 0 Å². The first kappa shape index (κ1) is 75.5. The third-order valence-corrected chi connectivity index (χ3v) is 26.6. The molecule has 9 heteroatoms. The van der Waals surface area contributed by atoms with Gasteiger partial charge in [0.25, 0.3) is 0 Å². The summed E-state index contributed by atoms with van der Waals surface area (Å²) in [5.74, 6) is 0.959. The largest absolute Gasteiger partial charge is 0.319 e. The predicted molar refractivity (Wildman–Crippen MR) is 518 cm³/mol. The van der Waals surface area contributed by atoms with Crippen molar-refractivity contribution in [3.8, 4) is 123 Å². The molecule has 1 aliphatic carbocycles. The highest BCUT2D eigenvalue weighted by atomic mass is 32.2. The lowest BCUT2D eigenvalue weighted by Gasteiger charge is -2.18. The van der Waals surface area contributed by atoms with Gasteiger partial charge in [0, 0.05) is 114 Å². The summed E-state index contributed by atoms with van der Waals surface area (Å²) in [6.07, 6.45) is 8.95. The summed E-state index contributed by atoms with van der Waals surface area (Å²) < 4.78 is 12.6. The van der Waals surface area contributed by atoms with E-state index in [1.54, 1.807) is 0 Å². The van der Waals surface area contributed by atoms with Crippen molar-refractivity contribution in [3.63, 3.8) is 0 Å². The Bertz CT molecular complexity index is 7730. The first-order chi connectivity index (χ1) is 60.7. The fourth-order valence-electron chi connectivity index (χ4n) is 17.8. The Labute approximate surface area is 718 Å². The molecule has 0 amide bonds. The van der Waals surface area contributed by atoms with Gasteiger partial charge in [-0.1, -0.05) is 419 Å². The second-order valence-electron chi connectivity index (χ2n) is 31.6. The first-order valence-electron chi connectivity index (χ1n) is 41.7. The van der Waals surface area contributed by atoms with Crippen molar-refractivity contribution < 1.29 is 4.57 Å². The number of nitrogens with zero attached hydrogens (tertiary/aromatic N) is 6. The van der Waals surface area contributed by atoms with Crippen molar-refractivity contribution >= 4 is 100 Å². The monoisotopic (exact) mass is 1610 g/mol. The number of para-hydroxylation sites is 4. The lowest BCUT2D eigenvalue weighted by atomic mass is 9.90. The van der Waals surface area contributed by atoms with E-state index in [4.69, 9.17) is 29.9 Å². The molecule has 2 atom stereocenters. The van der Waals surface area contributed by atoms with Crippen molar-refractivity contribution in [2.24, 2.45) is 0 Å². The number of fused-ring (bicyclic) bond motifs is 13. The van der Waals surface area contributed by atoms with Crippen molar-refractivity contribution in [2.45, 2.75) is 16.1 Å². The van der Waals surface area contributed by atoms with Gasteiger partial charge in [-0.25, -0.2) is 24.9 Å². The highest BCUT2D eigenvalue weighted by Gasteiger charge is 2.36. The minimum atomic E-state index is -2.31. The maximum Gasteiger partial charge on any atom is 0.160 e. The Morgan fingerprint density at radius 1 is 0.260 bits per heavy atom. The SMILES string of the molecule is C1=CC2Sc3c(-c4ccccc4)cc(-c4cccc5c4nc(-c4ccccc4)c4cccc(-c6ccccc6)c45)nc3C2C=C1.CP(C)(=O)c1ccc(-c2cccc3c2nc(-c2ccccc2)c2cccc(-c4ccccc4)c23)cc1.c1ccc(-c2nc(-c3cccc4c3nc(-c3ccccc3)c3cccc(-c5ccccc5)c34)c3ccccc3n2)cc1. The van der Waals surface area contributed by atoms with E-state index < -0.39 is 7.14 Å². The van der Waals surface area contributed by atoms with Gasteiger partial charge in [-0.05, 0) is 75.5 Å². The predicted octanol–water partition coefficient (Wildman–Crippen LogP) is 29.8. The number of thioether (sulfide) groups is 1. The molecule has 0 saturated heterocycles. The van der Waals surface area contributed by atoms with Crippen LogP contribution in [0.25, 0.3) is 199 Å². The molecule has 0 spiro atoms. The van der Waals surface area contributed by atoms with Crippen LogP contribution in [-0.2, 0) is 4.57 Å². The Hall–Kier alpha value is -14.9. The van der Waals surface area contributed by atoms with Gasteiger partial charge < -0.3 is 4.57 Å². The Balaban J connectivity index is 0.000000114. The van der Waals surface area contributed by atoms with Crippen LogP contribution in [0.3, 0.4) is 0 Å². The zero-order chi connectivity index (χ0) is 82.3. The Kier molecular flexibility index (Phi) is 20.1. The fourth-order valence-corrected chi connectivity index (χ4v) is 20.1. The van der Waals surface area contributed by atoms with Crippen molar-refractivity contribution in [1.29, 1.82) is 0 Å². The van der Waals surface area contributed by atoms with Gasteiger partial charge in [0.1, 0.15) is 7.14 Å². The summed E-state index contributed by atoms with van der Waals surface area (Å²) in [6.45, 7) is 3.62. The number of hydrogen-bond donors (Lipinski definition) is 0. The summed E-state index contributed by atoms with van der Waals surface area (Å²) in [6, 6.07) is 142. The molecule has 7 nitrogen and oxygen atoms in total. The third kappa shape index (κ3) is 14.3. The molecular weight excluding hydrogens is 1530 g/mol. The smallest absolute Gasteiger partial charge is 0.160 e. The van der Waals surface area contributed by atoms with Crippen LogP contribution in [0.1, 0.15) is 11.6 Å². The van der Waals surface area contributed by atoms with E-state index in [0.29, 0.717) is 11.1 Å². The highest BCUT2D eigenvalue weighted by Crippen LogP contribution is 2.53. The number of hydrogen-bond acceptors (Lipinski definition) is 8. The quantitative estimate of drug-likeness (QED) is 0.0882. The number of pyridine rings is 4. The molecule has 1 aliphatic heterocycles. The van der Waals surface area contributed by atoms with Crippen LogP contribution in [0.5, 0.6) is 0 Å². The number of benzene rings is 16. The second-order valence-corrected chi connectivity index (χ2v) is 36.0. The van der Waals surface area contributed by atoms with Gasteiger partial charge in [-0.3, -0.25) is 4.98 Å². The van der Waals surface area contributed by atoms with E-state index in [0.717, 1.165) is 144 Å². The van der Waals surface area contributed by atoms with Gasteiger partial charge in [0.15, 0.2) is 5.82 Å². The molecule has 2 unspecified atom stereocenters. The summed E-state index contributed by atoms with van der Waals surface area (Å²) in [5, 5.41) is 12.7. The standard InChI is InChI=1S/C42H28N2S.C39H25N3.C33H26NOP/c1-4-14-27(15-5-1)30-21-12-23-33-38(30)34-24-13-22-31(40(34)44-39(33)29-18-8-3-9-19-29)36-26-35(28-16-6-2-7-17-28)42-41(43-36)32-20-10-11-25-37(32)45-42;1-4-14-26(15-5-1)29-21-12-22-31-35(29)32-23-13-24-33(38(32)41-36(31)27-16-6-2-7-17-27)37-30-20-10-11-25-34(30)40-39(42-37)28-18-8-3-9-19-28;1-36(2,35)26-21-19-24(20-22-26)28-16-10-18-30-31-27(23-11-5-3-6-12-23)15-9-17-29(31)32(34-33(28)30)25-13-7-4-8-14-25/h1-26,32,37H;1-25H;3-22H,1-2H3. The lowest BCUT2D eigenvalue weighted by molar-refractivity contribution is 0.588. The number of rotatable bonds is 12. The molecule has 21 aromatic rings. The van der Waals surface area contributed by atoms with E-state index in [9.17, 15) is 4.57 Å². The van der Waals surface area contributed by atoms with Gasteiger partial charge in [-0.15, -0.1) is 11.8 Å². The summed E-state index contributed by atoms with van der Waals surface area (Å²) in [4.78, 5) is 33.1. The van der Waals surface area contributed by atoms with Gasteiger partial charge >= 0.3 is 0 Å². The molecule has 0 saturated carbocycles. The van der Waals surface area contributed by atoms with Crippen LogP contribution in [-0.4, -0.2) is 48.5 Å². The molecule has 0 radical (unpaired) electrons. The summed E-state index contributed by atoms with van der Waals surface area (Å²) in [5.41, 5.74) is 27.8. The maximum atomic E-state index is 12.6. The molecule has 0 N–H and O–H groups in total. The zero-order valence-electron chi connectivity index (χ0n) is 67.6. The molecule has 0 fully saturated rings. The average molecular weight is 1610 g/mol. The average Bonchev–Trinajstić information content (AvgIpc) is 1.71. The number of aromatic nitrogens is 6. The fraction of sp³-hybridized carbons (Fsp3) is 0.0351. The van der Waals surface area contributed by atoms with E-state index in [1.165, 1.54) is 65.6 Å². The van der Waals surface area contributed by atoms with Gasteiger partial charge in [-0.2, -0.15) is 0 Å². The molecule has 5 aromatic heterocycles. The first-order valence-corrected chi connectivity index (χ1v) is 45.2. The Morgan fingerprint density at radius 3 is 1.05 bits per heavy atom. The number of allylic oxidation sites excluding steroid dienone is 3. The van der Waals surface area contributed by atoms with E-state index in [2.05, 4.69) is 376 Å². The van der Waals surface area contributed by atoms with E-state index in [-0.39, 0.29) is 5.92 Å². The van der Waals surface area contributed by atoms with Crippen LogP contribution in [0.15, 0.2) is 436 Å². The van der Waals surface area contributed by atoms with Gasteiger partial charge in [0.05, 0.1) is 56.2 Å². The summed E-state index contributed by atoms with van der Waals surface area (Å²) >= 11 is 1.93. The molecule has 16 aromatic carbocycles. The molecule has 23 rings (SSSR count). The van der Waals surface area contributed by atoms with Crippen molar-refractivity contribution in [1.82, 2.24) is 29.9 Å². The van der Waals surface area contributed by atoms with Crippen LogP contribution >= 0.6 is 18.9 Å². The van der Waals surface area contributed by atoms with E-state index >= 15 is 0 Å². The molecule has 0 bridgehead atoms. The maximum absolute atomic E-state index is 12.6. The molecule has 6 heterocycles. The lowest BCUT2D eigenvalue weighted by Crippen LogP contribution is -2.08. The van der Waals surface area contributed by atoms with Crippen LogP contribution in [0, 0.1) is 0 Å². The topological polar surface area (TPSA) is 94.4 Å². The summed E-state index contributed by atoms with van der Waals surface area (Å²) in [7, 11) is -2.31.